The lowest BCUT2D eigenvalue weighted by Crippen LogP contribution is -1.95. The highest BCUT2D eigenvalue weighted by atomic mass is 79.9. The van der Waals surface area contributed by atoms with Crippen molar-refractivity contribution in [1.82, 2.24) is 4.98 Å². The molecular formula is C7H5BrClF2NO. The molecule has 0 bridgehead atoms. The number of hydrogen-bond donors (Lipinski definition) is 0. The predicted octanol–water partition coefficient (Wildman–Crippen LogP) is 3.44. The molecule has 0 unspecified atom stereocenters. The SMILES string of the molecule is COc1c(C(F)F)cnc(Cl)c1Br. The van der Waals surface area contributed by atoms with Crippen molar-refractivity contribution in [3.05, 3.63) is 21.4 Å². The molecule has 0 amide bonds. The molecule has 0 aliphatic rings. The van der Waals surface area contributed by atoms with Crippen molar-refractivity contribution in [2.75, 3.05) is 7.11 Å². The Morgan fingerprint density at radius 2 is 2.23 bits per heavy atom. The topological polar surface area (TPSA) is 22.1 Å². The zero-order chi connectivity index (χ0) is 10.0. The van der Waals surface area contributed by atoms with Gasteiger partial charge in [0.15, 0.2) is 0 Å². The van der Waals surface area contributed by atoms with E-state index in [4.69, 9.17) is 16.3 Å². The summed E-state index contributed by atoms with van der Waals surface area (Å²) in [6.07, 6.45) is -1.63. The highest BCUT2D eigenvalue weighted by molar-refractivity contribution is 9.10. The van der Waals surface area contributed by atoms with Crippen molar-refractivity contribution in [2.24, 2.45) is 0 Å². The van der Waals surface area contributed by atoms with Crippen molar-refractivity contribution in [2.45, 2.75) is 6.43 Å². The number of ether oxygens (including phenoxy) is 1. The molecule has 0 fully saturated rings. The summed E-state index contributed by atoms with van der Waals surface area (Å²) in [5.41, 5.74) is -0.279. The van der Waals surface area contributed by atoms with E-state index in [2.05, 4.69) is 20.9 Å². The zero-order valence-corrected chi connectivity index (χ0v) is 8.86. The molecule has 0 saturated carbocycles. The second-order valence-electron chi connectivity index (χ2n) is 2.15. The van der Waals surface area contributed by atoms with Gasteiger partial charge < -0.3 is 4.74 Å². The summed E-state index contributed by atoms with van der Waals surface area (Å²) in [6.45, 7) is 0. The molecule has 2 nitrogen and oxygen atoms in total. The van der Waals surface area contributed by atoms with Crippen LogP contribution in [0.25, 0.3) is 0 Å². The molecule has 72 valence electrons. The second kappa shape index (κ2) is 4.19. The van der Waals surface area contributed by atoms with Crippen LogP contribution < -0.4 is 4.74 Å². The maximum Gasteiger partial charge on any atom is 0.268 e. The minimum Gasteiger partial charge on any atom is -0.495 e. The number of methoxy groups -OCH3 is 1. The maximum absolute atomic E-state index is 12.3. The van der Waals surface area contributed by atoms with E-state index in [1.54, 1.807) is 0 Å². The molecule has 0 saturated heterocycles. The van der Waals surface area contributed by atoms with Gasteiger partial charge in [-0.05, 0) is 15.9 Å². The molecule has 6 heteroatoms. The summed E-state index contributed by atoms with van der Waals surface area (Å²) in [5.74, 6) is 0.0231. The summed E-state index contributed by atoms with van der Waals surface area (Å²) in [5, 5.41) is 0.0984. The van der Waals surface area contributed by atoms with Gasteiger partial charge in [-0.1, -0.05) is 11.6 Å². The molecule has 0 spiro atoms. The van der Waals surface area contributed by atoms with E-state index in [-0.39, 0.29) is 20.9 Å². The van der Waals surface area contributed by atoms with E-state index in [9.17, 15) is 8.78 Å². The molecule has 1 aromatic rings. The van der Waals surface area contributed by atoms with Crippen LogP contribution in [0.15, 0.2) is 10.7 Å². The lowest BCUT2D eigenvalue weighted by molar-refractivity contribution is 0.146. The minimum atomic E-state index is -2.63. The fourth-order valence-corrected chi connectivity index (χ4v) is 1.45. The van der Waals surface area contributed by atoms with Crippen LogP contribution in [0.3, 0.4) is 0 Å². The van der Waals surface area contributed by atoms with Crippen LogP contribution >= 0.6 is 27.5 Å². The number of halogens is 4. The summed E-state index contributed by atoms with van der Waals surface area (Å²) in [6, 6.07) is 0. The highest BCUT2D eigenvalue weighted by Gasteiger charge is 2.18. The summed E-state index contributed by atoms with van der Waals surface area (Å²) in [7, 11) is 1.29. The monoisotopic (exact) mass is 271 g/mol. The van der Waals surface area contributed by atoms with Gasteiger partial charge in [0.1, 0.15) is 10.9 Å². The molecule has 0 aromatic carbocycles. The van der Waals surface area contributed by atoms with Gasteiger partial charge in [-0.15, -0.1) is 0 Å². The molecule has 0 atom stereocenters. The smallest absolute Gasteiger partial charge is 0.268 e. The van der Waals surface area contributed by atoms with E-state index in [0.29, 0.717) is 0 Å². The average Bonchev–Trinajstić information content (AvgIpc) is 2.09. The van der Waals surface area contributed by atoms with Crippen LogP contribution in [0.1, 0.15) is 12.0 Å². The lowest BCUT2D eigenvalue weighted by atomic mass is 10.3. The van der Waals surface area contributed by atoms with Gasteiger partial charge in [0.2, 0.25) is 0 Å². The summed E-state index contributed by atoms with van der Waals surface area (Å²) < 4.78 is 29.7. The molecule has 0 radical (unpaired) electrons. The number of aromatic nitrogens is 1. The Morgan fingerprint density at radius 1 is 1.62 bits per heavy atom. The van der Waals surface area contributed by atoms with Gasteiger partial charge in [-0.25, -0.2) is 13.8 Å². The first-order valence-electron chi connectivity index (χ1n) is 3.24. The molecule has 1 aromatic heterocycles. The first-order valence-corrected chi connectivity index (χ1v) is 4.41. The van der Waals surface area contributed by atoms with Gasteiger partial charge in [0.25, 0.3) is 6.43 Å². The number of nitrogens with zero attached hydrogens (tertiary/aromatic N) is 1. The third-order valence-corrected chi connectivity index (χ3v) is 2.65. The molecule has 1 rings (SSSR count). The normalized spacial score (nSPS) is 10.6. The Bertz CT molecular complexity index is 322. The van der Waals surface area contributed by atoms with Crippen LogP contribution in [0.2, 0.25) is 5.15 Å². The third kappa shape index (κ3) is 2.08. The molecule has 0 aliphatic carbocycles. The van der Waals surface area contributed by atoms with E-state index < -0.39 is 6.43 Å². The van der Waals surface area contributed by atoms with E-state index in [1.807, 2.05) is 0 Å². The van der Waals surface area contributed by atoms with Gasteiger partial charge in [-0.2, -0.15) is 0 Å². The van der Waals surface area contributed by atoms with Crippen LogP contribution in [-0.4, -0.2) is 12.1 Å². The number of hydrogen-bond acceptors (Lipinski definition) is 2. The number of alkyl halides is 2. The van der Waals surface area contributed by atoms with Crippen LogP contribution in [-0.2, 0) is 0 Å². The molecule has 1 heterocycles. The Hall–Kier alpha value is -0.420. The predicted molar refractivity (Wildman–Crippen MR) is 48.5 cm³/mol. The van der Waals surface area contributed by atoms with Crippen molar-refractivity contribution < 1.29 is 13.5 Å². The van der Waals surface area contributed by atoms with Crippen LogP contribution in [0, 0.1) is 0 Å². The van der Waals surface area contributed by atoms with Crippen molar-refractivity contribution in [1.29, 1.82) is 0 Å². The van der Waals surface area contributed by atoms with E-state index in [0.717, 1.165) is 6.20 Å². The first kappa shape index (κ1) is 10.7. The van der Waals surface area contributed by atoms with Gasteiger partial charge in [0, 0.05) is 6.20 Å². The Kier molecular flexibility index (Phi) is 3.44. The third-order valence-electron chi connectivity index (χ3n) is 1.40. The standard InChI is InChI=1S/C7H5BrClF2NO/c1-13-5-3(7(10)11)2-12-6(9)4(5)8/h2,7H,1H3. The average molecular weight is 272 g/mol. The Labute approximate surface area is 87.0 Å². The maximum atomic E-state index is 12.3. The van der Waals surface area contributed by atoms with Crippen molar-refractivity contribution >= 4 is 27.5 Å². The van der Waals surface area contributed by atoms with E-state index >= 15 is 0 Å². The lowest BCUT2D eigenvalue weighted by Gasteiger charge is -2.09. The van der Waals surface area contributed by atoms with Gasteiger partial charge in [0.05, 0.1) is 17.1 Å². The number of rotatable bonds is 2. The quantitative estimate of drug-likeness (QED) is 0.769. The van der Waals surface area contributed by atoms with Gasteiger partial charge >= 0.3 is 0 Å². The number of pyridine rings is 1. The molecule has 0 N–H and O–H groups in total. The first-order chi connectivity index (χ1) is 6.07. The van der Waals surface area contributed by atoms with Crippen molar-refractivity contribution in [3.8, 4) is 5.75 Å². The van der Waals surface area contributed by atoms with Crippen LogP contribution in [0.5, 0.6) is 5.75 Å². The second-order valence-corrected chi connectivity index (χ2v) is 3.30. The summed E-state index contributed by atoms with van der Waals surface area (Å²) in [4.78, 5) is 3.57. The zero-order valence-electron chi connectivity index (χ0n) is 6.52. The highest BCUT2D eigenvalue weighted by Crippen LogP contribution is 2.37. The fourth-order valence-electron chi connectivity index (χ4n) is 0.825. The van der Waals surface area contributed by atoms with Crippen molar-refractivity contribution in [3.63, 3.8) is 0 Å². The molecule has 13 heavy (non-hydrogen) atoms. The summed E-state index contributed by atoms with van der Waals surface area (Å²) >= 11 is 8.59. The minimum absolute atomic E-state index is 0.0231. The molecule has 0 aliphatic heterocycles. The molecular weight excluding hydrogens is 267 g/mol. The van der Waals surface area contributed by atoms with Gasteiger partial charge in [-0.3, -0.25) is 0 Å². The van der Waals surface area contributed by atoms with Crippen LogP contribution in [0.4, 0.5) is 8.78 Å². The Morgan fingerprint density at radius 3 is 2.69 bits per heavy atom. The van der Waals surface area contributed by atoms with E-state index in [1.165, 1.54) is 7.11 Å². The Balaban J connectivity index is 3.30. The largest absolute Gasteiger partial charge is 0.495 e. The fraction of sp³-hybridized carbons (Fsp3) is 0.286.